The van der Waals surface area contributed by atoms with Gasteiger partial charge in [-0.15, -0.1) is 0 Å². The Labute approximate surface area is 221 Å². The van der Waals surface area contributed by atoms with Crippen LogP contribution in [0.5, 0.6) is 17.2 Å². The number of rotatable bonds is 7. The molecular formula is C29H32F3N3O3. The first kappa shape index (κ1) is 25.9. The van der Waals surface area contributed by atoms with Gasteiger partial charge in [0.1, 0.15) is 28.6 Å². The van der Waals surface area contributed by atoms with Crippen molar-refractivity contribution in [3.05, 3.63) is 71.8 Å². The highest BCUT2D eigenvalue weighted by Crippen LogP contribution is 2.47. The highest BCUT2D eigenvalue weighted by molar-refractivity contribution is 5.82. The number of ether oxygens (including phenoxy) is 3. The summed E-state index contributed by atoms with van der Waals surface area (Å²) >= 11 is 0. The van der Waals surface area contributed by atoms with E-state index in [1.165, 1.54) is 6.07 Å². The monoisotopic (exact) mass is 527 g/mol. The van der Waals surface area contributed by atoms with E-state index in [9.17, 15) is 13.2 Å². The minimum Gasteiger partial charge on any atom is -0.495 e. The van der Waals surface area contributed by atoms with Crippen LogP contribution in [0.15, 0.2) is 60.7 Å². The zero-order valence-corrected chi connectivity index (χ0v) is 21.8. The summed E-state index contributed by atoms with van der Waals surface area (Å²) in [5.74, 6) is 2.20. The van der Waals surface area contributed by atoms with Crippen LogP contribution in [0, 0.1) is 0 Å². The molecule has 6 nitrogen and oxygen atoms in total. The van der Waals surface area contributed by atoms with E-state index in [0.29, 0.717) is 12.4 Å². The third-order valence-corrected chi connectivity index (χ3v) is 7.45. The SMILES string of the molecule is COc1cccc(OC)c1N1CCC(N2CN(Cc3ccccc3C(F)(F)F)c3c(OC)cccc32)CC1. The topological polar surface area (TPSA) is 37.4 Å². The van der Waals surface area contributed by atoms with Crippen LogP contribution in [-0.4, -0.2) is 47.1 Å². The second-order valence-corrected chi connectivity index (χ2v) is 9.52. The van der Waals surface area contributed by atoms with Gasteiger partial charge in [0.25, 0.3) is 0 Å². The first-order chi connectivity index (χ1) is 18.4. The van der Waals surface area contributed by atoms with E-state index in [1.54, 1.807) is 33.5 Å². The van der Waals surface area contributed by atoms with Gasteiger partial charge in [-0.05, 0) is 48.7 Å². The summed E-state index contributed by atoms with van der Waals surface area (Å²) in [7, 11) is 4.91. The molecule has 38 heavy (non-hydrogen) atoms. The first-order valence-electron chi connectivity index (χ1n) is 12.6. The number of fused-ring (bicyclic) bond motifs is 1. The Morgan fingerprint density at radius 3 is 1.95 bits per heavy atom. The minimum absolute atomic E-state index is 0.136. The number of alkyl halides is 3. The van der Waals surface area contributed by atoms with Crippen LogP contribution >= 0.6 is 0 Å². The lowest BCUT2D eigenvalue weighted by Crippen LogP contribution is -2.46. The summed E-state index contributed by atoms with van der Waals surface area (Å²) in [6, 6.07) is 17.6. The summed E-state index contributed by atoms with van der Waals surface area (Å²) < 4.78 is 58.1. The molecule has 0 N–H and O–H groups in total. The van der Waals surface area contributed by atoms with E-state index in [0.717, 1.165) is 60.6 Å². The number of halogens is 3. The van der Waals surface area contributed by atoms with Gasteiger partial charge in [-0.3, -0.25) is 0 Å². The molecule has 3 aromatic rings. The fraction of sp³-hybridized carbons (Fsp3) is 0.379. The molecule has 2 aliphatic heterocycles. The van der Waals surface area contributed by atoms with Crippen molar-refractivity contribution >= 4 is 17.1 Å². The molecule has 0 bridgehead atoms. The van der Waals surface area contributed by atoms with Gasteiger partial charge in [0, 0.05) is 25.7 Å². The van der Waals surface area contributed by atoms with Gasteiger partial charge in [0.05, 0.1) is 39.2 Å². The Morgan fingerprint density at radius 1 is 0.763 bits per heavy atom. The van der Waals surface area contributed by atoms with Crippen molar-refractivity contribution < 1.29 is 27.4 Å². The molecule has 0 saturated carbocycles. The summed E-state index contributed by atoms with van der Waals surface area (Å²) in [5.41, 5.74) is 2.42. The van der Waals surface area contributed by atoms with E-state index in [4.69, 9.17) is 14.2 Å². The van der Waals surface area contributed by atoms with Crippen molar-refractivity contribution in [2.45, 2.75) is 31.6 Å². The zero-order valence-electron chi connectivity index (χ0n) is 21.8. The maximum absolute atomic E-state index is 13.7. The van der Waals surface area contributed by atoms with Crippen LogP contribution < -0.4 is 28.9 Å². The van der Waals surface area contributed by atoms with Crippen molar-refractivity contribution in [2.75, 3.05) is 55.8 Å². The Balaban J connectivity index is 1.40. The molecule has 0 unspecified atom stereocenters. The van der Waals surface area contributed by atoms with Crippen molar-refractivity contribution in [3.63, 3.8) is 0 Å². The molecule has 3 aromatic carbocycles. The number of nitrogens with zero attached hydrogens (tertiary/aromatic N) is 3. The molecular weight excluding hydrogens is 495 g/mol. The van der Waals surface area contributed by atoms with Gasteiger partial charge in [-0.25, -0.2) is 0 Å². The largest absolute Gasteiger partial charge is 0.495 e. The van der Waals surface area contributed by atoms with Crippen LogP contribution in [0.1, 0.15) is 24.0 Å². The quantitative estimate of drug-likeness (QED) is 0.365. The molecule has 0 spiro atoms. The van der Waals surface area contributed by atoms with Gasteiger partial charge >= 0.3 is 6.18 Å². The number of piperidine rings is 1. The molecule has 0 atom stereocenters. The lowest BCUT2D eigenvalue weighted by molar-refractivity contribution is -0.138. The molecule has 1 saturated heterocycles. The third kappa shape index (κ3) is 4.77. The highest BCUT2D eigenvalue weighted by Gasteiger charge is 2.38. The molecule has 0 aromatic heterocycles. The van der Waals surface area contributed by atoms with Crippen molar-refractivity contribution in [1.29, 1.82) is 0 Å². The fourth-order valence-corrected chi connectivity index (χ4v) is 5.68. The zero-order chi connectivity index (χ0) is 26.9. The number of hydrogen-bond donors (Lipinski definition) is 0. The van der Waals surface area contributed by atoms with Crippen LogP contribution in [0.4, 0.5) is 30.2 Å². The number of para-hydroxylation sites is 2. The van der Waals surface area contributed by atoms with E-state index >= 15 is 0 Å². The smallest absolute Gasteiger partial charge is 0.416 e. The Morgan fingerprint density at radius 2 is 1.34 bits per heavy atom. The molecule has 2 aliphatic rings. The lowest BCUT2D eigenvalue weighted by atomic mass is 10.0. The second kappa shape index (κ2) is 10.6. The van der Waals surface area contributed by atoms with Crippen LogP contribution in [0.2, 0.25) is 0 Å². The van der Waals surface area contributed by atoms with E-state index in [-0.39, 0.29) is 18.2 Å². The maximum Gasteiger partial charge on any atom is 0.416 e. The normalized spacial score (nSPS) is 16.0. The van der Waals surface area contributed by atoms with Crippen LogP contribution in [0.3, 0.4) is 0 Å². The van der Waals surface area contributed by atoms with Crippen LogP contribution in [-0.2, 0) is 12.7 Å². The first-order valence-corrected chi connectivity index (χ1v) is 12.6. The Bertz CT molecular complexity index is 1250. The molecule has 9 heteroatoms. The Kier molecular flexibility index (Phi) is 7.19. The molecule has 0 aliphatic carbocycles. The third-order valence-electron chi connectivity index (χ3n) is 7.45. The average molecular weight is 528 g/mol. The van der Waals surface area contributed by atoms with Gasteiger partial charge in [-0.2, -0.15) is 13.2 Å². The van der Waals surface area contributed by atoms with Crippen molar-refractivity contribution in [2.24, 2.45) is 0 Å². The minimum atomic E-state index is -4.41. The molecule has 1 fully saturated rings. The van der Waals surface area contributed by atoms with Gasteiger partial charge in [-0.1, -0.05) is 30.3 Å². The average Bonchev–Trinajstić information content (AvgIpc) is 3.30. The summed E-state index contributed by atoms with van der Waals surface area (Å²) in [6.07, 6.45) is -2.65. The maximum atomic E-state index is 13.7. The van der Waals surface area contributed by atoms with Gasteiger partial charge < -0.3 is 28.9 Å². The lowest BCUT2D eigenvalue weighted by Gasteiger charge is -2.39. The number of methoxy groups -OCH3 is 3. The fourth-order valence-electron chi connectivity index (χ4n) is 5.68. The molecule has 202 valence electrons. The number of hydrogen-bond acceptors (Lipinski definition) is 6. The van der Waals surface area contributed by atoms with E-state index in [1.807, 2.05) is 41.3 Å². The number of benzene rings is 3. The Hall–Kier alpha value is -3.75. The summed E-state index contributed by atoms with van der Waals surface area (Å²) in [6.45, 7) is 2.23. The molecule has 0 amide bonds. The van der Waals surface area contributed by atoms with E-state index in [2.05, 4.69) is 9.80 Å². The molecule has 5 rings (SSSR count). The van der Waals surface area contributed by atoms with Gasteiger partial charge in [0.2, 0.25) is 0 Å². The van der Waals surface area contributed by atoms with Crippen molar-refractivity contribution in [1.82, 2.24) is 0 Å². The van der Waals surface area contributed by atoms with Crippen molar-refractivity contribution in [3.8, 4) is 17.2 Å². The molecule has 0 radical (unpaired) electrons. The summed E-state index contributed by atoms with van der Waals surface area (Å²) in [4.78, 5) is 6.59. The van der Waals surface area contributed by atoms with E-state index < -0.39 is 11.7 Å². The molecule has 2 heterocycles. The highest BCUT2D eigenvalue weighted by atomic mass is 19.4. The predicted octanol–water partition coefficient (Wildman–Crippen LogP) is 6.18. The van der Waals surface area contributed by atoms with Gasteiger partial charge in [0.15, 0.2) is 0 Å². The summed E-state index contributed by atoms with van der Waals surface area (Å²) in [5, 5.41) is 0. The standard InChI is InChI=1S/C29H32F3N3O3/c1-36-24-11-6-10-23-27(24)34(18-20-8-4-5-9-22(20)29(30,31)32)19-35(23)21-14-16-33(17-15-21)28-25(37-2)12-7-13-26(28)38-3/h4-13,21H,14-19H2,1-3H3. The second-order valence-electron chi connectivity index (χ2n) is 9.52. The predicted molar refractivity (Wildman–Crippen MR) is 143 cm³/mol. The number of anilines is 3. The van der Waals surface area contributed by atoms with Crippen LogP contribution in [0.25, 0.3) is 0 Å².